The van der Waals surface area contributed by atoms with E-state index in [-0.39, 0.29) is 12.4 Å². The van der Waals surface area contributed by atoms with E-state index in [1.54, 1.807) is 0 Å². The van der Waals surface area contributed by atoms with E-state index < -0.39 is 5.54 Å². The van der Waals surface area contributed by atoms with Gasteiger partial charge < -0.3 is 15.2 Å². The van der Waals surface area contributed by atoms with Gasteiger partial charge in [0, 0.05) is 18.8 Å². The Morgan fingerprint density at radius 1 is 1.47 bits per heavy atom. The molecule has 0 aliphatic carbocycles. The Balaban J connectivity index is 2.15. The summed E-state index contributed by atoms with van der Waals surface area (Å²) >= 11 is 0. The fraction of sp³-hybridized carbons (Fsp3) is 0.909. The molecule has 0 aromatic rings. The van der Waals surface area contributed by atoms with Crippen molar-refractivity contribution in [3.63, 3.8) is 0 Å². The smallest absolute Gasteiger partial charge is 0.307 e. The first-order valence-electron chi connectivity index (χ1n) is 5.49. The van der Waals surface area contributed by atoms with Crippen LogP contribution in [0.3, 0.4) is 0 Å². The van der Waals surface area contributed by atoms with Crippen LogP contribution in [-0.4, -0.2) is 31.3 Å². The maximum Gasteiger partial charge on any atom is 0.307 e. The summed E-state index contributed by atoms with van der Waals surface area (Å²) in [5, 5.41) is 0. The number of nitrogens with two attached hydrogens (primary N) is 1. The van der Waals surface area contributed by atoms with E-state index >= 15 is 0 Å². The van der Waals surface area contributed by atoms with Gasteiger partial charge in [0.2, 0.25) is 0 Å². The second-order valence-corrected chi connectivity index (χ2v) is 4.90. The first-order chi connectivity index (χ1) is 6.97. The van der Waals surface area contributed by atoms with Crippen molar-refractivity contribution in [3.8, 4) is 0 Å². The Morgan fingerprint density at radius 3 is 2.60 bits per heavy atom. The fourth-order valence-electron chi connectivity index (χ4n) is 1.55. The molecule has 1 saturated heterocycles. The van der Waals surface area contributed by atoms with E-state index in [1.807, 2.05) is 13.8 Å². The third-order valence-electron chi connectivity index (χ3n) is 2.42. The van der Waals surface area contributed by atoms with E-state index in [2.05, 4.69) is 0 Å². The molecule has 4 heteroatoms. The van der Waals surface area contributed by atoms with E-state index in [9.17, 15) is 4.79 Å². The molecule has 88 valence electrons. The first kappa shape index (κ1) is 12.5. The molecule has 1 heterocycles. The normalized spacial score (nSPS) is 18.9. The predicted molar refractivity (Wildman–Crippen MR) is 57.4 cm³/mol. The lowest BCUT2D eigenvalue weighted by Gasteiger charge is -2.22. The molecule has 0 bridgehead atoms. The standard InChI is InChI=1S/C11H21NO3/c1-11(2,12)7-10(13)15-8-9-3-5-14-6-4-9/h9H,3-8,12H2,1-2H3. The minimum Gasteiger partial charge on any atom is -0.465 e. The molecule has 0 spiro atoms. The third-order valence-corrected chi connectivity index (χ3v) is 2.42. The Labute approximate surface area is 91.1 Å². The number of carbonyl (C=O) groups excluding carboxylic acids is 1. The van der Waals surface area contributed by atoms with Crippen LogP contribution in [0.25, 0.3) is 0 Å². The van der Waals surface area contributed by atoms with Gasteiger partial charge in [0.25, 0.3) is 0 Å². The van der Waals surface area contributed by atoms with Crippen molar-refractivity contribution in [2.75, 3.05) is 19.8 Å². The highest BCUT2D eigenvalue weighted by Gasteiger charge is 2.20. The SMILES string of the molecule is CC(C)(N)CC(=O)OCC1CCOCC1. The average Bonchev–Trinajstić information content (AvgIpc) is 2.14. The van der Waals surface area contributed by atoms with Gasteiger partial charge in [0.15, 0.2) is 0 Å². The van der Waals surface area contributed by atoms with Gasteiger partial charge in [-0.3, -0.25) is 4.79 Å². The van der Waals surface area contributed by atoms with Gasteiger partial charge >= 0.3 is 5.97 Å². The van der Waals surface area contributed by atoms with Crippen LogP contribution in [0.1, 0.15) is 33.1 Å². The molecule has 0 atom stereocenters. The largest absolute Gasteiger partial charge is 0.465 e. The first-order valence-corrected chi connectivity index (χ1v) is 5.49. The summed E-state index contributed by atoms with van der Waals surface area (Å²) in [7, 11) is 0. The second kappa shape index (κ2) is 5.47. The summed E-state index contributed by atoms with van der Waals surface area (Å²) in [6, 6.07) is 0. The third kappa shape index (κ3) is 5.74. The molecule has 0 amide bonds. The van der Waals surface area contributed by atoms with Crippen molar-refractivity contribution >= 4 is 5.97 Å². The number of hydrogen-bond acceptors (Lipinski definition) is 4. The molecule has 2 N–H and O–H groups in total. The molecule has 15 heavy (non-hydrogen) atoms. The van der Waals surface area contributed by atoms with E-state index in [1.165, 1.54) is 0 Å². The highest BCUT2D eigenvalue weighted by atomic mass is 16.5. The summed E-state index contributed by atoms with van der Waals surface area (Å²) < 4.78 is 10.4. The quantitative estimate of drug-likeness (QED) is 0.713. The van der Waals surface area contributed by atoms with E-state index in [4.69, 9.17) is 15.2 Å². The monoisotopic (exact) mass is 215 g/mol. The summed E-state index contributed by atoms with van der Waals surface area (Å²) in [5.41, 5.74) is 5.24. The van der Waals surface area contributed by atoms with Crippen molar-refractivity contribution in [1.82, 2.24) is 0 Å². The lowest BCUT2D eigenvalue weighted by atomic mass is 10.0. The van der Waals surface area contributed by atoms with Crippen LogP contribution < -0.4 is 5.73 Å². The number of hydrogen-bond donors (Lipinski definition) is 1. The summed E-state index contributed by atoms with van der Waals surface area (Å²) in [6.07, 6.45) is 2.24. The van der Waals surface area contributed by atoms with Crippen molar-refractivity contribution in [3.05, 3.63) is 0 Å². The van der Waals surface area contributed by atoms with Crippen molar-refractivity contribution in [1.29, 1.82) is 0 Å². The summed E-state index contributed by atoms with van der Waals surface area (Å²) in [5.74, 6) is 0.262. The summed E-state index contributed by atoms with van der Waals surface area (Å²) in [4.78, 5) is 11.4. The highest BCUT2D eigenvalue weighted by Crippen LogP contribution is 2.15. The topological polar surface area (TPSA) is 61.6 Å². The van der Waals surface area contributed by atoms with Crippen LogP contribution in [0, 0.1) is 5.92 Å². The molecule has 4 nitrogen and oxygen atoms in total. The Bertz CT molecular complexity index is 204. The lowest BCUT2D eigenvalue weighted by molar-refractivity contribution is -0.147. The average molecular weight is 215 g/mol. The van der Waals surface area contributed by atoms with Gasteiger partial charge in [-0.1, -0.05) is 0 Å². The number of esters is 1. The van der Waals surface area contributed by atoms with Gasteiger partial charge in [-0.25, -0.2) is 0 Å². The van der Waals surface area contributed by atoms with Gasteiger partial charge in [-0.05, 0) is 32.6 Å². The minimum absolute atomic E-state index is 0.200. The molecular weight excluding hydrogens is 194 g/mol. The maximum atomic E-state index is 11.4. The zero-order chi connectivity index (χ0) is 11.3. The van der Waals surface area contributed by atoms with E-state index in [0.717, 1.165) is 26.1 Å². The minimum atomic E-state index is -0.479. The number of rotatable bonds is 4. The molecule has 1 rings (SSSR count). The van der Waals surface area contributed by atoms with Crippen molar-refractivity contribution in [2.45, 2.75) is 38.6 Å². The van der Waals surface area contributed by atoms with Gasteiger partial charge in [-0.15, -0.1) is 0 Å². The van der Waals surface area contributed by atoms with Crippen molar-refractivity contribution in [2.24, 2.45) is 11.7 Å². The zero-order valence-electron chi connectivity index (χ0n) is 9.62. The van der Waals surface area contributed by atoms with Crippen LogP contribution >= 0.6 is 0 Å². The van der Waals surface area contributed by atoms with Gasteiger partial charge in [0.1, 0.15) is 0 Å². The molecular formula is C11H21NO3. The Hall–Kier alpha value is -0.610. The Kier molecular flexibility index (Phi) is 4.54. The van der Waals surface area contributed by atoms with Crippen LogP contribution in [0.5, 0.6) is 0 Å². The van der Waals surface area contributed by atoms with Crippen LogP contribution in [0.2, 0.25) is 0 Å². The zero-order valence-corrected chi connectivity index (χ0v) is 9.62. The van der Waals surface area contributed by atoms with Gasteiger partial charge in [-0.2, -0.15) is 0 Å². The van der Waals surface area contributed by atoms with Crippen LogP contribution in [-0.2, 0) is 14.3 Å². The molecule has 1 fully saturated rings. The molecule has 0 unspecified atom stereocenters. The molecule has 0 aromatic carbocycles. The predicted octanol–water partition coefficient (Wildman–Crippen LogP) is 1.08. The lowest BCUT2D eigenvalue weighted by Crippen LogP contribution is -2.35. The Morgan fingerprint density at radius 2 is 2.07 bits per heavy atom. The maximum absolute atomic E-state index is 11.4. The molecule has 1 aliphatic heterocycles. The molecule has 0 saturated carbocycles. The molecule has 1 aliphatic rings. The van der Waals surface area contributed by atoms with Gasteiger partial charge in [0.05, 0.1) is 13.0 Å². The number of ether oxygens (including phenoxy) is 2. The van der Waals surface area contributed by atoms with Crippen molar-refractivity contribution < 1.29 is 14.3 Å². The fourth-order valence-corrected chi connectivity index (χ4v) is 1.55. The molecule has 0 aromatic heterocycles. The second-order valence-electron chi connectivity index (χ2n) is 4.90. The van der Waals surface area contributed by atoms with E-state index in [0.29, 0.717) is 12.5 Å². The summed E-state index contributed by atoms with van der Waals surface area (Å²) in [6.45, 7) is 5.72. The molecule has 0 radical (unpaired) electrons. The highest BCUT2D eigenvalue weighted by molar-refractivity contribution is 5.70. The van der Waals surface area contributed by atoms with Crippen LogP contribution in [0.4, 0.5) is 0 Å². The van der Waals surface area contributed by atoms with Crippen LogP contribution in [0.15, 0.2) is 0 Å². The number of carbonyl (C=O) groups is 1.